The predicted octanol–water partition coefficient (Wildman–Crippen LogP) is 0.343. The Morgan fingerprint density at radius 1 is 1.39 bits per heavy atom. The van der Waals surface area contributed by atoms with E-state index in [2.05, 4.69) is 10.4 Å². The molecule has 0 radical (unpaired) electrons. The zero-order chi connectivity index (χ0) is 17.2. The average Bonchev–Trinajstić information content (AvgIpc) is 2.90. The van der Waals surface area contributed by atoms with Crippen LogP contribution in [0.5, 0.6) is 0 Å². The van der Waals surface area contributed by atoms with E-state index in [1.54, 1.807) is 18.7 Å². The molecule has 9 heteroatoms. The third kappa shape index (κ3) is 4.54. The molecular formula is C14H21N3O5S. The van der Waals surface area contributed by atoms with Gasteiger partial charge in [0.1, 0.15) is 0 Å². The maximum absolute atomic E-state index is 11.8. The molecule has 1 N–H and O–H groups in total. The van der Waals surface area contributed by atoms with E-state index >= 15 is 0 Å². The first-order valence-corrected chi connectivity index (χ1v) is 9.16. The van der Waals surface area contributed by atoms with Crippen molar-refractivity contribution in [1.29, 1.82) is 0 Å². The molecule has 0 bridgehead atoms. The fourth-order valence-electron chi connectivity index (χ4n) is 2.60. The average molecular weight is 343 g/mol. The number of nitrogens with one attached hydrogen (secondary N) is 1. The standard InChI is InChI=1S/C14H21N3O5S/c1-9-14(10(2)17(3)16-9)15-12(18)7-22-13(19)6-11-4-5-23(20,21)8-11/h11H,4-8H2,1-3H3,(H,15,18)/t11-/m0/s1. The number of rotatable bonds is 5. The summed E-state index contributed by atoms with van der Waals surface area (Å²) in [4.78, 5) is 23.5. The summed E-state index contributed by atoms with van der Waals surface area (Å²) in [5, 5.41) is 6.84. The highest BCUT2D eigenvalue weighted by molar-refractivity contribution is 7.91. The number of carbonyl (C=O) groups is 2. The Labute approximate surface area is 135 Å². The lowest BCUT2D eigenvalue weighted by Gasteiger charge is -2.09. The first-order valence-electron chi connectivity index (χ1n) is 7.34. The molecule has 1 saturated heterocycles. The molecule has 1 aliphatic rings. The van der Waals surface area contributed by atoms with Gasteiger partial charge in [0.05, 0.1) is 28.6 Å². The van der Waals surface area contributed by atoms with E-state index in [1.807, 2.05) is 6.92 Å². The number of ether oxygens (including phenoxy) is 1. The molecule has 23 heavy (non-hydrogen) atoms. The minimum Gasteiger partial charge on any atom is -0.456 e. The second-order valence-electron chi connectivity index (χ2n) is 5.85. The van der Waals surface area contributed by atoms with Gasteiger partial charge in [0.2, 0.25) is 0 Å². The van der Waals surface area contributed by atoms with Crippen LogP contribution in [0.1, 0.15) is 24.2 Å². The molecule has 1 aromatic rings. The first kappa shape index (κ1) is 17.5. The van der Waals surface area contributed by atoms with Crippen LogP contribution in [-0.4, -0.2) is 48.2 Å². The lowest BCUT2D eigenvalue weighted by atomic mass is 10.1. The number of amides is 1. The second-order valence-corrected chi connectivity index (χ2v) is 8.08. The largest absolute Gasteiger partial charge is 0.456 e. The molecule has 1 atom stereocenters. The van der Waals surface area contributed by atoms with Crippen LogP contribution in [0.15, 0.2) is 0 Å². The molecule has 0 unspecified atom stereocenters. The van der Waals surface area contributed by atoms with Crippen LogP contribution in [0.25, 0.3) is 0 Å². The molecule has 0 aromatic carbocycles. The molecule has 2 heterocycles. The number of anilines is 1. The summed E-state index contributed by atoms with van der Waals surface area (Å²) < 4.78 is 29.2. The summed E-state index contributed by atoms with van der Waals surface area (Å²) in [5.41, 5.74) is 2.09. The van der Waals surface area contributed by atoms with Gasteiger partial charge in [-0.15, -0.1) is 0 Å². The van der Waals surface area contributed by atoms with E-state index in [0.717, 1.165) is 5.69 Å². The van der Waals surface area contributed by atoms with Crippen molar-refractivity contribution >= 4 is 27.4 Å². The highest BCUT2D eigenvalue weighted by Gasteiger charge is 2.30. The highest BCUT2D eigenvalue weighted by Crippen LogP contribution is 2.22. The van der Waals surface area contributed by atoms with Gasteiger partial charge in [-0.3, -0.25) is 14.3 Å². The number of nitrogens with zero attached hydrogens (tertiary/aromatic N) is 2. The van der Waals surface area contributed by atoms with Crippen molar-refractivity contribution in [3.05, 3.63) is 11.4 Å². The topological polar surface area (TPSA) is 107 Å². The minimum absolute atomic E-state index is 0.0162. The van der Waals surface area contributed by atoms with Gasteiger partial charge in [-0.1, -0.05) is 0 Å². The molecule has 0 saturated carbocycles. The van der Waals surface area contributed by atoms with E-state index in [4.69, 9.17) is 4.74 Å². The molecule has 8 nitrogen and oxygen atoms in total. The molecule has 1 amide bonds. The Hall–Kier alpha value is -1.90. The van der Waals surface area contributed by atoms with E-state index in [9.17, 15) is 18.0 Å². The molecule has 1 aliphatic heterocycles. The van der Waals surface area contributed by atoms with Crippen LogP contribution in [0, 0.1) is 19.8 Å². The number of hydrogen-bond acceptors (Lipinski definition) is 6. The van der Waals surface area contributed by atoms with Crippen molar-refractivity contribution in [2.45, 2.75) is 26.7 Å². The fourth-order valence-corrected chi connectivity index (χ4v) is 4.47. The molecule has 2 rings (SSSR count). The summed E-state index contributed by atoms with van der Waals surface area (Å²) >= 11 is 0. The number of aryl methyl sites for hydroxylation is 2. The van der Waals surface area contributed by atoms with Crippen LogP contribution in [-0.2, 0) is 31.2 Å². The van der Waals surface area contributed by atoms with Crippen molar-refractivity contribution in [3.63, 3.8) is 0 Å². The maximum Gasteiger partial charge on any atom is 0.306 e. The van der Waals surface area contributed by atoms with Crippen LogP contribution < -0.4 is 5.32 Å². The normalized spacial score (nSPS) is 19.5. The van der Waals surface area contributed by atoms with Crippen LogP contribution >= 0.6 is 0 Å². The summed E-state index contributed by atoms with van der Waals surface area (Å²) in [5.74, 6) is -1.08. The number of carbonyl (C=O) groups excluding carboxylic acids is 2. The van der Waals surface area contributed by atoms with Crippen molar-refractivity contribution in [2.24, 2.45) is 13.0 Å². The molecule has 0 spiro atoms. The number of aromatic nitrogens is 2. The third-order valence-electron chi connectivity index (χ3n) is 3.92. The van der Waals surface area contributed by atoms with Gasteiger partial charge in [0.25, 0.3) is 5.91 Å². The van der Waals surface area contributed by atoms with Crippen molar-refractivity contribution in [1.82, 2.24) is 9.78 Å². The number of sulfone groups is 1. The summed E-state index contributed by atoms with van der Waals surface area (Å²) in [6.07, 6.45) is 0.495. The molecule has 1 fully saturated rings. The molecule has 0 aliphatic carbocycles. The van der Waals surface area contributed by atoms with E-state index in [1.165, 1.54) is 0 Å². The minimum atomic E-state index is -3.02. The number of hydrogen-bond donors (Lipinski definition) is 1. The first-order chi connectivity index (χ1) is 10.7. The van der Waals surface area contributed by atoms with Crippen LogP contribution in [0.3, 0.4) is 0 Å². The fraction of sp³-hybridized carbons (Fsp3) is 0.643. The maximum atomic E-state index is 11.8. The van der Waals surface area contributed by atoms with Gasteiger partial charge in [-0.25, -0.2) is 8.42 Å². The molecule has 128 valence electrons. The monoisotopic (exact) mass is 343 g/mol. The third-order valence-corrected chi connectivity index (χ3v) is 5.76. The van der Waals surface area contributed by atoms with Gasteiger partial charge in [-0.05, 0) is 26.2 Å². The van der Waals surface area contributed by atoms with Crippen LogP contribution in [0.4, 0.5) is 5.69 Å². The zero-order valence-electron chi connectivity index (χ0n) is 13.5. The Morgan fingerprint density at radius 2 is 2.09 bits per heavy atom. The second kappa shape index (κ2) is 6.69. The van der Waals surface area contributed by atoms with E-state index in [0.29, 0.717) is 17.8 Å². The van der Waals surface area contributed by atoms with Gasteiger partial charge in [0, 0.05) is 13.5 Å². The number of esters is 1. The quantitative estimate of drug-likeness (QED) is 0.773. The molecular weight excluding hydrogens is 322 g/mol. The predicted molar refractivity (Wildman–Crippen MR) is 83.6 cm³/mol. The van der Waals surface area contributed by atoms with Crippen molar-refractivity contribution in [3.8, 4) is 0 Å². The summed E-state index contributed by atoms with van der Waals surface area (Å²) in [7, 11) is -1.25. The molecule has 1 aromatic heterocycles. The van der Waals surface area contributed by atoms with Gasteiger partial charge in [-0.2, -0.15) is 5.10 Å². The SMILES string of the molecule is Cc1nn(C)c(C)c1NC(=O)COC(=O)C[C@@H]1CCS(=O)(=O)C1. The van der Waals surface area contributed by atoms with Crippen LogP contribution in [0.2, 0.25) is 0 Å². The highest BCUT2D eigenvalue weighted by atomic mass is 32.2. The van der Waals surface area contributed by atoms with Gasteiger partial charge >= 0.3 is 5.97 Å². The summed E-state index contributed by atoms with van der Waals surface area (Å²) in [6, 6.07) is 0. The Kier molecular flexibility index (Phi) is 5.08. The van der Waals surface area contributed by atoms with E-state index < -0.39 is 28.3 Å². The zero-order valence-corrected chi connectivity index (χ0v) is 14.3. The van der Waals surface area contributed by atoms with Gasteiger partial charge in [0.15, 0.2) is 16.4 Å². The lowest BCUT2D eigenvalue weighted by Crippen LogP contribution is -2.22. The Morgan fingerprint density at radius 3 is 2.61 bits per heavy atom. The Balaban J connectivity index is 1.79. The van der Waals surface area contributed by atoms with Gasteiger partial charge < -0.3 is 10.1 Å². The van der Waals surface area contributed by atoms with Crippen molar-refractivity contribution in [2.75, 3.05) is 23.4 Å². The van der Waals surface area contributed by atoms with Crippen molar-refractivity contribution < 1.29 is 22.7 Å². The summed E-state index contributed by atoms with van der Waals surface area (Å²) in [6.45, 7) is 3.20. The Bertz CT molecular complexity index is 723. The van der Waals surface area contributed by atoms with E-state index in [-0.39, 0.29) is 23.8 Å². The smallest absolute Gasteiger partial charge is 0.306 e. The lowest BCUT2D eigenvalue weighted by molar-refractivity contribution is -0.148.